The lowest BCUT2D eigenvalue weighted by atomic mass is 9.98. The molecule has 0 bridgehead atoms. The van der Waals surface area contributed by atoms with Crippen molar-refractivity contribution in [1.82, 2.24) is 4.90 Å². The molecule has 1 saturated heterocycles. The third-order valence-corrected chi connectivity index (χ3v) is 4.35. The van der Waals surface area contributed by atoms with Gasteiger partial charge in [0.15, 0.2) is 0 Å². The Morgan fingerprint density at radius 1 is 1.50 bits per heavy atom. The first-order chi connectivity index (χ1) is 7.88. The van der Waals surface area contributed by atoms with Crippen LogP contribution in [0.15, 0.2) is 17.5 Å². The second-order valence-electron chi connectivity index (χ2n) is 4.73. The van der Waals surface area contributed by atoms with Crippen LogP contribution in [0.25, 0.3) is 0 Å². The predicted octanol–water partition coefficient (Wildman–Crippen LogP) is 2.35. The molecule has 2 heterocycles. The third-order valence-electron chi connectivity index (χ3n) is 3.41. The number of aryl methyl sites for hydroxylation is 1. The highest BCUT2D eigenvalue weighted by atomic mass is 32.1. The van der Waals surface area contributed by atoms with Gasteiger partial charge in [-0.05, 0) is 62.7 Å². The molecule has 90 valence electrons. The largest absolute Gasteiger partial charge is 0.330 e. The van der Waals surface area contributed by atoms with Crippen LogP contribution in [0.4, 0.5) is 0 Å². The van der Waals surface area contributed by atoms with Crippen molar-refractivity contribution in [2.75, 3.05) is 26.2 Å². The predicted molar refractivity (Wildman–Crippen MR) is 70.9 cm³/mol. The smallest absolute Gasteiger partial charge is 0.00457 e. The maximum absolute atomic E-state index is 5.75. The number of hydrogen-bond donors (Lipinski definition) is 1. The molecular formula is C13H22N2S. The van der Waals surface area contributed by atoms with Gasteiger partial charge in [-0.25, -0.2) is 0 Å². The number of rotatable bonds is 5. The molecule has 0 aliphatic carbocycles. The molecule has 0 saturated carbocycles. The molecule has 1 aromatic rings. The normalized spacial score (nSPS) is 22.4. The van der Waals surface area contributed by atoms with Crippen molar-refractivity contribution >= 4 is 11.3 Å². The first-order valence-corrected chi connectivity index (χ1v) is 7.21. The average molecular weight is 238 g/mol. The molecule has 2 N–H and O–H groups in total. The average Bonchev–Trinajstić information content (AvgIpc) is 2.82. The van der Waals surface area contributed by atoms with Gasteiger partial charge in [0.1, 0.15) is 0 Å². The lowest BCUT2D eigenvalue weighted by molar-refractivity contribution is 0.177. The molecule has 16 heavy (non-hydrogen) atoms. The van der Waals surface area contributed by atoms with Crippen LogP contribution in [0.2, 0.25) is 0 Å². The Bertz CT molecular complexity index is 284. The topological polar surface area (TPSA) is 29.3 Å². The molecule has 1 aliphatic rings. The fourth-order valence-corrected chi connectivity index (χ4v) is 3.23. The highest BCUT2D eigenvalue weighted by Gasteiger charge is 2.17. The van der Waals surface area contributed by atoms with Gasteiger partial charge in [-0.2, -0.15) is 0 Å². The van der Waals surface area contributed by atoms with E-state index in [-0.39, 0.29) is 0 Å². The number of hydrogen-bond acceptors (Lipinski definition) is 3. The van der Waals surface area contributed by atoms with Crippen LogP contribution >= 0.6 is 11.3 Å². The zero-order valence-electron chi connectivity index (χ0n) is 9.90. The summed E-state index contributed by atoms with van der Waals surface area (Å²) < 4.78 is 0. The van der Waals surface area contributed by atoms with Gasteiger partial charge >= 0.3 is 0 Å². The first kappa shape index (κ1) is 12.1. The van der Waals surface area contributed by atoms with Crippen LogP contribution in [-0.4, -0.2) is 31.1 Å². The molecule has 0 aromatic carbocycles. The van der Waals surface area contributed by atoms with E-state index in [4.69, 9.17) is 5.73 Å². The molecule has 2 nitrogen and oxygen atoms in total. The minimum Gasteiger partial charge on any atom is -0.330 e. The number of nitrogens with zero attached hydrogens (tertiary/aromatic N) is 1. The fourth-order valence-electron chi connectivity index (χ4n) is 2.48. The van der Waals surface area contributed by atoms with E-state index in [2.05, 4.69) is 22.4 Å². The Balaban J connectivity index is 1.65. The Morgan fingerprint density at radius 3 is 3.19 bits per heavy atom. The van der Waals surface area contributed by atoms with Gasteiger partial charge in [0.25, 0.3) is 0 Å². The van der Waals surface area contributed by atoms with Gasteiger partial charge in [-0.15, -0.1) is 11.3 Å². The van der Waals surface area contributed by atoms with E-state index < -0.39 is 0 Å². The number of piperidine rings is 1. The van der Waals surface area contributed by atoms with E-state index in [1.165, 1.54) is 50.2 Å². The Labute approximate surface area is 102 Å². The number of nitrogens with two attached hydrogens (primary N) is 1. The Morgan fingerprint density at radius 2 is 2.44 bits per heavy atom. The summed E-state index contributed by atoms with van der Waals surface area (Å²) in [6.07, 6.45) is 5.19. The molecule has 3 heteroatoms. The van der Waals surface area contributed by atoms with Crippen LogP contribution in [-0.2, 0) is 6.42 Å². The fraction of sp³-hybridized carbons (Fsp3) is 0.692. The van der Waals surface area contributed by atoms with Gasteiger partial charge in [0.2, 0.25) is 0 Å². The van der Waals surface area contributed by atoms with E-state index in [1.54, 1.807) is 0 Å². The van der Waals surface area contributed by atoms with Crippen molar-refractivity contribution in [3.05, 3.63) is 22.4 Å². The van der Waals surface area contributed by atoms with Crippen molar-refractivity contribution in [1.29, 1.82) is 0 Å². The second-order valence-corrected chi connectivity index (χ2v) is 5.76. The summed E-state index contributed by atoms with van der Waals surface area (Å²) in [6, 6.07) is 4.38. The lowest BCUT2D eigenvalue weighted by Crippen LogP contribution is -2.38. The molecule has 2 rings (SSSR count). The summed E-state index contributed by atoms with van der Waals surface area (Å²) in [7, 11) is 0. The molecule has 1 fully saturated rings. The van der Waals surface area contributed by atoms with Crippen LogP contribution < -0.4 is 5.73 Å². The second kappa shape index (κ2) is 6.38. The molecule has 1 unspecified atom stereocenters. The molecule has 0 spiro atoms. The maximum Gasteiger partial charge on any atom is 0.00457 e. The van der Waals surface area contributed by atoms with Crippen molar-refractivity contribution in [3.8, 4) is 0 Å². The SMILES string of the molecule is NCC1CCCN(CCCc2cccs2)C1. The van der Waals surface area contributed by atoms with Crippen molar-refractivity contribution in [3.63, 3.8) is 0 Å². The zero-order chi connectivity index (χ0) is 11.2. The van der Waals surface area contributed by atoms with E-state index in [1.807, 2.05) is 11.3 Å². The van der Waals surface area contributed by atoms with E-state index in [0.717, 1.165) is 12.5 Å². The van der Waals surface area contributed by atoms with Crippen molar-refractivity contribution in [2.24, 2.45) is 11.7 Å². The van der Waals surface area contributed by atoms with Gasteiger partial charge in [0, 0.05) is 11.4 Å². The summed E-state index contributed by atoms with van der Waals surface area (Å²) in [5, 5.41) is 2.17. The summed E-state index contributed by atoms with van der Waals surface area (Å²) in [6.45, 7) is 4.61. The highest BCUT2D eigenvalue weighted by Crippen LogP contribution is 2.16. The van der Waals surface area contributed by atoms with Crippen LogP contribution in [0, 0.1) is 5.92 Å². The lowest BCUT2D eigenvalue weighted by Gasteiger charge is -2.31. The van der Waals surface area contributed by atoms with Crippen molar-refractivity contribution in [2.45, 2.75) is 25.7 Å². The monoisotopic (exact) mass is 238 g/mol. The van der Waals surface area contributed by atoms with Gasteiger partial charge in [-0.1, -0.05) is 6.07 Å². The minimum absolute atomic E-state index is 0.746. The molecule has 1 atom stereocenters. The molecule has 1 aromatic heterocycles. The summed E-state index contributed by atoms with van der Waals surface area (Å²) in [5.41, 5.74) is 5.75. The van der Waals surface area contributed by atoms with Crippen LogP contribution in [0.5, 0.6) is 0 Å². The first-order valence-electron chi connectivity index (χ1n) is 6.33. The van der Waals surface area contributed by atoms with E-state index in [0.29, 0.717) is 0 Å². The number of likely N-dealkylation sites (tertiary alicyclic amines) is 1. The van der Waals surface area contributed by atoms with Crippen LogP contribution in [0.3, 0.4) is 0 Å². The molecule has 0 radical (unpaired) electrons. The summed E-state index contributed by atoms with van der Waals surface area (Å²) >= 11 is 1.88. The quantitative estimate of drug-likeness (QED) is 0.853. The Kier molecular flexibility index (Phi) is 4.82. The molecule has 0 amide bonds. The molecule has 1 aliphatic heterocycles. The third kappa shape index (κ3) is 3.58. The van der Waals surface area contributed by atoms with E-state index >= 15 is 0 Å². The Hall–Kier alpha value is -0.380. The highest BCUT2D eigenvalue weighted by molar-refractivity contribution is 7.09. The maximum atomic E-state index is 5.75. The van der Waals surface area contributed by atoms with Gasteiger partial charge in [0.05, 0.1) is 0 Å². The van der Waals surface area contributed by atoms with Gasteiger partial charge in [-0.3, -0.25) is 0 Å². The number of thiophene rings is 1. The van der Waals surface area contributed by atoms with Gasteiger partial charge < -0.3 is 10.6 Å². The van der Waals surface area contributed by atoms with Crippen LogP contribution in [0.1, 0.15) is 24.1 Å². The summed E-state index contributed by atoms with van der Waals surface area (Å²) in [5.74, 6) is 0.746. The standard InChI is InChI=1S/C13H22N2S/c14-10-12-4-1-7-15(11-12)8-2-5-13-6-3-9-16-13/h3,6,9,12H,1-2,4-5,7-8,10-11,14H2. The van der Waals surface area contributed by atoms with Crippen molar-refractivity contribution < 1.29 is 0 Å². The zero-order valence-corrected chi connectivity index (χ0v) is 10.7. The summed E-state index contributed by atoms with van der Waals surface area (Å²) in [4.78, 5) is 4.11. The molecular weight excluding hydrogens is 216 g/mol. The minimum atomic E-state index is 0.746. The van der Waals surface area contributed by atoms with E-state index in [9.17, 15) is 0 Å².